The molecule has 24 heavy (non-hydrogen) atoms. The minimum Gasteiger partial charge on any atom is -0.392 e. The van der Waals surface area contributed by atoms with Crippen molar-refractivity contribution in [1.29, 1.82) is 0 Å². The van der Waals surface area contributed by atoms with Crippen LogP contribution in [-0.2, 0) is 6.61 Å². The molecule has 0 bridgehead atoms. The third-order valence-electron chi connectivity index (χ3n) is 3.76. The number of aromatic nitrogens is 4. The summed E-state index contributed by atoms with van der Waals surface area (Å²) in [5.41, 5.74) is 3.02. The Balaban J connectivity index is 2.04. The van der Waals surface area contributed by atoms with Crippen molar-refractivity contribution in [3.8, 4) is 0 Å². The average Bonchev–Trinajstić information content (AvgIpc) is 2.98. The molecule has 0 aromatic carbocycles. The second kappa shape index (κ2) is 6.37. The zero-order valence-electron chi connectivity index (χ0n) is 13.8. The van der Waals surface area contributed by atoms with E-state index in [1.807, 2.05) is 20.8 Å². The number of hydrogen-bond acceptors (Lipinski definition) is 5. The van der Waals surface area contributed by atoms with E-state index in [4.69, 9.17) is 0 Å². The van der Waals surface area contributed by atoms with E-state index in [0.29, 0.717) is 27.8 Å². The van der Waals surface area contributed by atoms with E-state index in [1.54, 1.807) is 29.2 Å². The van der Waals surface area contributed by atoms with Crippen molar-refractivity contribution < 1.29 is 9.90 Å². The minimum atomic E-state index is -0.281. The fourth-order valence-electron chi connectivity index (χ4n) is 2.57. The number of nitrogens with one attached hydrogen (secondary N) is 1. The van der Waals surface area contributed by atoms with E-state index in [2.05, 4.69) is 20.4 Å². The molecule has 7 heteroatoms. The summed E-state index contributed by atoms with van der Waals surface area (Å²) in [7, 11) is 0. The molecule has 0 saturated heterocycles. The molecule has 0 aliphatic carbocycles. The summed E-state index contributed by atoms with van der Waals surface area (Å²) < 4.78 is 1.79. The van der Waals surface area contributed by atoms with Crippen molar-refractivity contribution in [2.45, 2.75) is 33.4 Å². The van der Waals surface area contributed by atoms with E-state index >= 15 is 0 Å². The Morgan fingerprint density at radius 1 is 1.38 bits per heavy atom. The highest BCUT2D eigenvalue weighted by Gasteiger charge is 2.17. The predicted molar refractivity (Wildman–Crippen MR) is 90.8 cm³/mol. The summed E-state index contributed by atoms with van der Waals surface area (Å²) in [5, 5.41) is 17.2. The first-order valence-corrected chi connectivity index (χ1v) is 7.71. The summed E-state index contributed by atoms with van der Waals surface area (Å²) in [6.45, 7) is 5.70. The lowest BCUT2D eigenvalue weighted by atomic mass is 10.1. The second-order valence-corrected chi connectivity index (χ2v) is 5.88. The van der Waals surface area contributed by atoms with Crippen LogP contribution < -0.4 is 5.32 Å². The third kappa shape index (κ3) is 2.85. The van der Waals surface area contributed by atoms with E-state index in [9.17, 15) is 9.90 Å². The van der Waals surface area contributed by atoms with Gasteiger partial charge in [0.25, 0.3) is 5.91 Å². The number of amides is 1. The van der Waals surface area contributed by atoms with Crippen LogP contribution in [0.4, 0.5) is 5.69 Å². The zero-order valence-corrected chi connectivity index (χ0v) is 13.8. The fraction of sp³-hybridized carbons (Fsp3) is 0.294. The van der Waals surface area contributed by atoms with Gasteiger partial charge in [-0.25, -0.2) is 9.67 Å². The lowest BCUT2D eigenvalue weighted by Gasteiger charge is -2.11. The Kier molecular flexibility index (Phi) is 4.26. The van der Waals surface area contributed by atoms with Crippen LogP contribution in [0.2, 0.25) is 0 Å². The molecule has 3 aromatic heterocycles. The van der Waals surface area contributed by atoms with Gasteiger partial charge in [-0.2, -0.15) is 5.10 Å². The van der Waals surface area contributed by atoms with Crippen molar-refractivity contribution in [1.82, 2.24) is 19.7 Å². The van der Waals surface area contributed by atoms with Gasteiger partial charge in [0.05, 0.1) is 35.6 Å². The number of aliphatic hydroxyl groups excluding tert-OH is 1. The first-order chi connectivity index (χ1) is 11.5. The molecule has 0 aliphatic rings. The van der Waals surface area contributed by atoms with Crippen molar-refractivity contribution in [2.75, 3.05) is 5.32 Å². The van der Waals surface area contributed by atoms with E-state index in [0.717, 1.165) is 5.69 Å². The molecule has 0 radical (unpaired) electrons. The number of carbonyl (C=O) groups is 1. The monoisotopic (exact) mass is 325 g/mol. The first kappa shape index (κ1) is 16.1. The maximum Gasteiger partial charge on any atom is 0.256 e. The molecule has 0 aliphatic heterocycles. The highest BCUT2D eigenvalue weighted by Crippen LogP contribution is 2.22. The van der Waals surface area contributed by atoms with Gasteiger partial charge in [-0.1, -0.05) is 0 Å². The lowest BCUT2D eigenvalue weighted by molar-refractivity contribution is 0.102. The Labute approximate surface area is 139 Å². The van der Waals surface area contributed by atoms with Gasteiger partial charge in [-0.15, -0.1) is 0 Å². The number of carbonyl (C=O) groups excluding carboxylic acids is 1. The molecule has 124 valence electrons. The number of nitrogens with zero attached hydrogens (tertiary/aromatic N) is 4. The molecule has 7 nitrogen and oxygen atoms in total. The maximum atomic E-state index is 12.7. The summed E-state index contributed by atoms with van der Waals surface area (Å²) in [6.07, 6.45) is 4.75. The van der Waals surface area contributed by atoms with Gasteiger partial charge in [-0.3, -0.25) is 9.78 Å². The number of pyridine rings is 2. The number of rotatable bonds is 4. The molecular weight excluding hydrogens is 306 g/mol. The topological polar surface area (TPSA) is 92.9 Å². The highest BCUT2D eigenvalue weighted by molar-refractivity contribution is 6.12. The van der Waals surface area contributed by atoms with Gasteiger partial charge >= 0.3 is 0 Å². The second-order valence-electron chi connectivity index (χ2n) is 5.88. The molecule has 0 fully saturated rings. The van der Waals surface area contributed by atoms with Crippen LogP contribution in [0.25, 0.3) is 11.0 Å². The molecule has 0 spiro atoms. The van der Waals surface area contributed by atoms with Crippen LogP contribution in [-0.4, -0.2) is 30.8 Å². The summed E-state index contributed by atoms with van der Waals surface area (Å²) in [6, 6.07) is 3.55. The van der Waals surface area contributed by atoms with Crippen molar-refractivity contribution in [3.05, 3.63) is 47.5 Å². The van der Waals surface area contributed by atoms with Crippen LogP contribution >= 0.6 is 0 Å². The normalized spacial score (nSPS) is 11.2. The molecular formula is C17H19N5O2. The molecule has 3 rings (SSSR count). The van der Waals surface area contributed by atoms with E-state index < -0.39 is 0 Å². The maximum absolute atomic E-state index is 12.7. The average molecular weight is 325 g/mol. The minimum absolute atomic E-state index is 0.145. The third-order valence-corrected chi connectivity index (χ3v) is 3.76. The molecule has 0 unspecified atom stereocenters. The van der Waals surface area contributed by atoms with Crippen LogP contribution in [0.1, 0.15) is 41.5 Å². The quantitative estimate of drug-likeness (QED) is 0.768. The Morgan fingerprint density at radius 3 is 2.88 bits per heavy atom. The van der Waals surface area contributed by atoms with Crippen molar-refractivity contribution >= 4 is 22.6 Å². The van der Waals surface area contributed by atoms with Crippen LogP contribution in [0, 0.1) is 6.92 Å². The number of aliphatic hydroxyl groups is 1. The van der Waals surface area contributed by atoms with Crippen molar-refractivity contribution in [2.24, 2.45) is 0 Å². The van der Waals surface area contributed by atoms with Crippen molar-refractivity contribution in [3.63, 3.8) is 0 Å². The fourth-order valence-corrected chi connectivity index (χ4v) is 2.57. The Morgan fingerprint density at radius 2 is 2.17 bits per heavy atom. The van der Waals surface area contributed by atoms with Gasteiger partial charge in [0.2, 0.25) is 0 Å². The molecule has 3 aromatic rings. The summed E-state index contributed by atoms with van der Waals surface area (Å²) >= 11 is 0. The lowest BCUT2D eigenvalue weighted by Crippen LogP contribution is -2.15. The zero-order chi connectivity index (χ0) is 17.3. The van der Waals surface area contributed by atoms with Gasteiger partial charge in [-0.05, 0) is 32.9 Å². The standard InChI is InChI=1S/C17H19N5O2/c1-10(2)22-16-14(7-19-22)13(6-11(3)20-16)17(24)21-15-8-18-5-4-12(15)9-23/h4-8,10,23H,9H2,1-3H3,(H,21,24). The van der Waals surface area contributed by atoms with Gasteiger partial charge in [0.15, 0.2) is 5.65 Å². The van der Waals surface area contributed by atoms with Gasteiger partial charge < -0.3 is 10.4 Å². The number of aryl methyl sites for hydroxylation is 1. The SMILES string of the molecule is Cc1cc(C(=O)Nc2cnccc2CO)c2cnn(C(C)C)c2n1. The number of anilines is 1. The smallest absolute Gasteiger partial charge is 0.256 e. The summed E-state index contributed by atoms with van der Waals surface area (Å²) in [4.78, 5) is 21.2. The van der Waals surface area contributed by atoms with E-state index in [-0.39, 0.29) is 18.6 Å². The van der Waals surface area contributed by atoms with Crippen LogP contribution in [0.5, 0.6) is 0 Å². The largest absolute Gasteiger partial charge is 0.392 e. The Bertz CT molecular complexity index is 901. The molecule has 1 amide bonds. The summed E-state index contributed by atoms with van der Waals surface area (Å²) in [5.74, 6) is -0.281. The Hall–Kier alpha value is -2.80. The van der Waals surface area contributed by atoms with Gasteiger partial charge in [0.1, 0.15) is 0 Å². The molecule has 3 heterocycles. The molecule has 0 saturated carbocycles. The molecule has 2 N–H and O–H groups in total. The van der Waals surface area contributed by atoms with Crippen LogP contribution in [0.3, 0.4) is 0 Å². The van der Waals surface area contributed by atoms with Gasteiger partial charge in [0, 0.05) is 23.5 Å². The number of fused-ring (bicyclic) bond motifs is 1. The first-order valence-electron chi connectivity index (χ1n) is 7.71. The van der Waals surface area contributed by atoms with Crippen LogP contribution in [0.15, 0.2) is 30.7 Å². The number of hydrogen-bond donors (Lipinski definition) is 2. The highest BCUT2D eigenvalue weighted by atomic mass is 16.3. The predicted octanol–water partition coefficient (Wildman–Crippen LogP) is 2.46. The molecule has 0 atom stereocenters. The van der Waals surface area contributed by atoms with E-state index in [1.165, 1.54) is 6.20 Å².